The molecular formula is C24H36N8O2S. The average molecular weight is 501 g/mol. The summed E-state index contributed by atoms with van der Waals surface area (Å²) in [6.45, 7) is 5.37. The molecule has 0 atom stereocenters. The number of hydrogen-bond acceptors (Lipinski definition) is 11. The smallest absolute Gasteiger partial charge is 0.230 e. The quantitative estimate of drug-likeness (QED) is 0.492. The van der Waals surface area contributed by atoms with Crippen LogP contribution < -0.4 is 16.4 Å². The van der Waals surface area contributed by atoms with Crippen molar-refractivity contribution in [2.24, 2.45) is 10.7 Å². The molecule has 190 valence electrons. The summed E-state index contributed by atoms with van der Waals surface area (Å²) in [5, 5.41) is 8.06. The Hall–Kier alpha value is -2.34. The van der Waals surface area contributed by atoms with Crippen LogP contribution >= 0.6 is 11.5 Å². The van der Waals surface area contributed by atoms with Crippen molar-refractivity contribution in [3.8, 4) is 0 Å². The van der Waals surface area contributed by atoms with Crippen molar-refractivity contribution in [1.82, 2.24) is 19.2 Å². The van der Waals surface area contributed by atoms with Crippen LogP contribution in [0.2, 0.25) is 0 Å². The molecule has 3 aliphatic rings. The Labute approximate surface area is 210 Å². The molecule has 2 aromatic rings. The third kappa shape index (κ3) is 5.74. The zero-order valence-corrected chi connectivity index (χ0v) is 21.2. The topological polar surface area (TPSA) is 123 Å². The van der Waals surface area contributed by atoms with E-state index in [2.05, 4.69) is 20.5 Å². The maximum atomic E-state index is 5.76. The molecule has 4 heterocycles. The van der Waals surface area contributed by atoms with Crippen LogP contribution in [0.25, 0.3) is 10.2 Å². The first-order valence-electron chi connectivity index (χ1n) is 12.7. The van der Waals surface area contributed by atoms with Crippen molar-refractivity contribution in [2.45, 2.75) is 56.5 Å². The molecule has 2 saturated heterocycles. The summed E-state index contributed by atoms with van der Waals surface area (Å²) in [4.78, 5) is 17.2. The lowest BCUT2D eigenvalue weighted by Crippen LogP contribution is -2.46. The van der Waals surface area contributed by atoms with Crippen LogP contribution in [0, 0.1) is 0 Å². The summed E-state index contributed by atoms with van der Waals surface area (Å²) in [5.41, 5.74) is 7.52. The Balaban J connectivity index is 1.38. The van der Waals surface area contributed by atoms with E-state index in [4.69, 9.17) is 29.5 Å². The molecule has 35 heavy (non-hydrogen) atoms. The first-order valence-corrected chi connectivity index (χ1v) is 13.5. The third-order valence-electron chi connectivity index (χ3n) is 7.27. The summed E-state index contributed by atoms with van der Waals surface area (Å²) in [5.74, 6) is 1.75. The lowest BCUT2D eigenvalue weighted by atomic mass is 9.89. The number of nitrogens with one attached hydrogen (secondary N) is 2. The normalized spacial score (nSPS) is 25.3. The summed E-state index contributed by atoms with van der Waals surface area (Å²) in [7, 11) is 1.71. The van der Waals surface area contributed by atoms with Gasteiger partial charge >= 0.3 is 0 Å². The first kappa shape index (κ1) is 24.4. The van der Waals surface area contributed by atoms with Gasteiger partial charge in [0.1, 0.15) is 5.82 Å². The molecule has 3 fully saturated rings. The van der Waals surface area contributed by atoms with Crippen LogP contribution in [0.3, 0.4) is 0 Å². The van der Waals surface area contributed by atoms with E-state index >= 15 is 0 Å². The molecule has 0 spiro atoms. The maximum absolute atomic E-state index is 5.76. The van der Waals surface area contributed by atoms with Gasteiger partial charge in [-0.2, -0.15) is 14.3 Å². The van der Waals surface area contributed by atoms with Crippen molar-refractivity contribution in [3.63, 3.8) is 0 Å². The van der Waals surface area contributed by atoms with Gasteiger partial charge in [-0.1, -0.05) is 0 Å². The Morgan fingerprint density at radius 2 is 1.80 bits per heavy atom. The fourth-order valence-corrected chi connectivity index (χ4v) is 6.24. The van der Waals surface area contributed by atoms with Gasteiger partial charge in [0.2, 0.25) is 5.95 Å². The molecule has 0 radical (unpaired) electrons. The third-order valence-corrected chi connectivity index (χ3v) is 8.03. The number of aliphatic imine (C=N–C) groups is 1. The molecule has 11 heteroatoms. The zero-order chi connectivity index (χ0) is 24.0. The van der Waals surface area contributed by atoms with Crippen LogP contribution in [0.15, 0.2) is 16.9 Å². The average Bonchev–Trinajstić information content (AvgIpc) is 3.34. The first-order chi connectivity index (χ1) is 17.2. The summed E-state index contributed by atoms with van der Waals surface area (Å²) >= 11 is 1.44. The summed E-state index contributed by atoms with van der Waals surface area (Å²) < 4.78 is 16.0. The monoisotopic (exact) mass is 500 g/mol. The number of nitrogens with zero attached hydrogens (tertiary/aromatic N) is 5. The Kier molecular flexibility index (Phi) is 8.07. The van der Waals surface area contributed by atoms with Gasteiger partial charge < -0.3 is 25.8 Å². The van der Waals surface area contributed by atoms with Crippen LogP contribution in [0.5, 0.6) is 0 Å². The fraction of sp³-hybridized carbons (Fsp3) is 0.667. The number of hydrogen-bond donors (Lipinski definition) is 3. The molecule has 0 unspecified atom stereocenters. The molecule has 2 aromatic heterocycles. The van der Waals surface area contributed by atoms with Gasteiger partial charge in [0.05, 0.1) is 30.0 Å². The predicted octanol–water partition coefficient (Wildman–Crippen LogP) is 2.95. The van der Waals surface area contributed by atoms with E-state index < -0.39 is 0 Å². The minimum absolute atomic E-state index is 0.377. The molecule has 0 amide bonds. The van der Waals surface area contributed by atoms with Crippen LogP contribution in [-0.4, -0.2) is 84.1 Å². The lowest BCUT2D eigenvalue weighted by Gasteiger charge is -2.39. The largest absolute Gasteiger partial charge is 0.403 e. The maximum Gasteiger partial charge on any atom is 0.230 e. The van der Waals surface area contributed by atoms with E-state index in [0.29, 0.717) is 29.6 Å². The second kappa shape index (κ2) is 11.6. The zero-order valence-electron chi connectivity index (χ0n) is 20.4. The number of ether oxygens (including phenoxy) is 2. The van der Waals surface area contributed by atoms with Crippen molar-refractivity contribution in [3.05, 3.63) is 17.6 Å². The van der Waals surface area contributed by atoms with E-state index in [9.17, 15) is 0 Å². The molecule has 5 rings (SSSR count). The fourth-order valence-electron chi connectivity index (χ4n) is 5.39. The number of aromatic nitrogens is 3. The van der Waals surface area contributed by atoms with Crippen LogP contribution in [-0.2, 0) is 9.47 Å². The van der Waals surface area contributed by atoms with Gasteiger partial charge in [-0.3, -0.25) is 9.89 Å². The van der Waals surface area contributed by atoms with Crippen molar-refractivity contribution >= 4 is 39.7 Å². The van der Waals surface area contributed by atoms with Crippen LogP contribution in [0.4, 0.5) is 11.8 Å². The Morgan fingerprint density at radius 1 is 1.06 bits per heavy atom. The van der Waals surface area contributed by atoms with Gasteiger partial charge in [-0.25, -0.2) is 0 Å². The van der Waals surface area contributed by atoms with E-state index in [0.717, 1.165) is 86.9 Å². The molecule has 4 N–H and O–H groups in total. The molecule has 2 aliphatic heterocycles. The van der Waals surface area contributed by atoms with Gasteiger partial charge in [0.25, 0.3) is 0 Å². The van der Waals surface area contributed by atoms with Gasteiger partial charge in [-0.05, 0) is 50.1 Å². The highest BCUT2D eigenvalue weighted by atomic mass is 32.1. The van der Waals surface area contributed by atoms with E-state index in [-0.39, 0.29) is 0 Å². The SMILES string of the molecule is CN=CC(=CN)Nc1nc(NC2CCC(N3CCOCC3)CC2)c2c(C3CCOCC3)nsc2n1. The van der Waals surface area contributed by atoms with Gasteiger partial charge in [-0.15, -0.1) is 0 Å². The van der Waals surface area contributed by atoms with Crippen molar-refractivity contribution in [1.29, 1.82) is 0 Å². The number of anilines is 2. The van der Waals surface area contributed by atoms with Crippen molar-refractivity contribution < 1.29 is 9.47 Å². The Bertz CT molecular complexity index is 1040. The number of rotatable bonds is 7. The highest BCUT2D eigenvalue weighted by molar-refractivity contribution is 7.13. The molecule has 0 bridgehead atoms. The Morgan fingerprint density at radius 3 is 2.51 bits per heavy atom. The number of morpholine rings is 1. The molecule has 1 aliphatic carbocycles. The van der Waals surface area contributed by atoms with Crippen molar-refractivity contribution in [2.75, 3.05) is 57.2 Å². The second-order valence-corrected chi connectivity index (χ2v) is 10.2. The van der Waals surface area contributed by atoms with Crippen LogP contribution in [0.1, 0.15) is 50.1 Å². The predicted molar refractivity (Wildman–Crippen MR) is 140 cm³/mol. The number of nitrogens with two attached hydrogens (primary N) is 1. The number of fused-ring (bicyclic) bond motifs is 1. The minimum Gasteiger partial charge on any atom is -0.403 e. The molecule has 0 aromatic carbocycles. The van der Waals surface area contributed by atoms with E-state index in [1.54, 1.807) is 13.3 Å². The molecule has 1 saturated carbocycles. The highest BCUT2D eigenvalue weighted by Gasteiger charge is 2.29. The minimum atomic E-state index is 0.377. The lowest BCUT2D eigenvalue weighted by molar-refractivity contribution is 0.00791. The second-order valence-electron chi connectivity index (χ2n) is 9.46. The van der Waals surface area contributed by atoms with Gasteiger partial charge in [0.15, 0.2) is 4.83 Å². The van der Waals surface area contributed by atoms with E-state index in [1.165, 1.54) is 30.6 Å². The highest BCUT2D eigenvalue weighted by Crippen LogP contribution is 2.38. The number of allylic oxidation sites excluding steroid dienone is 1. The molecule has 10 nitrogen and oxygen atoms in total. The summed E-state index contributed by atoms with van der Waals surface area (Å²) in [6, 6.07) is 1.04. The summed E-state index contributed by atoms with van der Waals surface area (Å²) in [6.07, 6.45) is 9.73. The van der Waals surface area contributed by atoms with Gasteiger partial charge in [0, 0.05) is 63.8 Å². The van der Waals surface area contributed by atoms with E-state index in [1.807, 2.05) is 0 Å². The standard InChI is InChI=1S/C24H36N8O2S/c1-26-15-18(14-25)28-24-29-22(20-21(31-35-23(20)30-24)16-6-10-33-11-7-16)27-17-2-4-19(5-3-17)32-8-12-34-13-9-32/h14-17,19H,2-13,25H2,1H3,(H2,27,28,29,30). The molecular weight excluding hydrogens is 464 g/mol.